The van der Waals surface area contributed by atoms with Gasteiger partial charge in [0.05, 0.1) is 24.4 Å². The summed E-state index contributed by atoms with van der Waals surface area (Å²) in [7, 11) is 0. The van der Waals surface area contributed by atoms with Crippen LogP contribution < -0.4 is 0 Å². The van der Waals surface area contributed by atoms with Crippen LogP contribution in [-0.4, -0.2) is 37.5 Å². The Balaban J connectivity index is 2.22. The van der Waals surface area contributed by atoms with Crippen molar-refractivity contribution in [2.75, 3.05) is 13.1 Å². The van der Waals surface area contributed by atoms with Gasteiger partial charge in [0, 0.05) is 0 Å². The molecule has 1 aliphatic carbocycles. The Hall–Kier alpha value is -0.120. The molecule has 0 unspecified atom stereocenters. The third-order valence-corrected chi connectivity index (χ3v) is 2.84. The van der Waals surface area contributed by atoms with Crippen LogP contribution in [0.2, 0.25) is 0 Å². The van der Waals surface area contributed by atoms with E-state index in [1.54, 1.807) is 0 Å². The molecule has 0 aliphatic heterocycles. The second-order valence-corrected chi connectivity index (χ2v) is 5.24. The average Bonchev–Trinajstić information content (AvgIpc) is 3.00. The van der Waals surface area contributed by atoms with E-state index in [9.17, 15) is 0 Å². The van der Waals surface area contributed by atoms with Gasteiger partial charge in [-0.25, -0.2) is 0 Å². The van der Waals surface area contributed by atoms with Crippen LogP contribution in [0.1, 0.15) is 53.4 Å². The van der Waals surface area contributed by atoms with E-state index < -0.39 is 0 Å². The van der Waals surface area contributed by atoms with Gasteiger partial charge in [-0.2, -0.15) is 6.54 Å². The van der Waals surface area contributed by atoms with Crippen LogP contribution in [0.4, 0.5) is 0 Å². The van der Waals surface area contributed by atoms with Crippen molar-refractivity contribution in [1.29, 1.82) is 0 Å². The summed E-state index contributed by atoms with van der Waals surface area (Å²) in [6, 6.07) is 0. The summed E-state index contributed by atoms with van der Waals surface area (Å²) < 4.78 is 11.8. The van der Waals surface area contributed by atoms with E-state index in [1.807, 2.05) is 0 Å². The van der Waals surface area contributed by atoms with Gasteiger partial charge in [-0.15, -0.1) is 6.54 Å². The Morgan fingerprint density at radius 1 is 1.24 bits per heavy atom. The fraction of sp³-hybridized carbons (Fsp3) is 1.00. The maximum absolute atomic E-state index is 6.02. The molecule has 1 fully saturated rings. The second kappa shape index (κ2) is 8.06. The van der Waals surface area contributed by atoms with Gasteiger partial charge >= 0.3 is 0 Å². The molecule has 0 radical (unpaired) electrons. The van der Waals surface area contributed by atoms with E-state index in [1.165, 1.54) is 12.8 Å². The molecule has 102 valence electrons. The molecule has 1 saturated carbocycles. The van der Waals surface area contributed by atoms with E-state index in [2.05, 4.69) is 33.0 Å². The molecule has 0 spiro atoms. The molecule has 1 aliphatic rings. The van der Waals surface area contributed by atoms with Gasteiger partial charge in [0.2, 0.25) is 0 Å². The molecular formula is C14H28NO2-. The molecule has 3 nitrogen and oxygen atoms in total. The van der Waals surface area contributed by atoms with Crippen molar-refractivity contribution in [3.63, 3.8) is 0 Å². The van der Waals surface area contributed by atoms with Crippen LogP contribution in [0.5, 0.6) is 0 Å². The van der Waals surface area contributed by atoms with Crippen LogP contribution >= 0.6 is 0 Å². The highest BCUT2D eigenvalue weighted by atomic mass is 16.5. The zero-order valence-corrected chi connectivity index (χ0v) is 11.8. The van der Waals surface area contributed by atoms with Crippen LogP contribution in [0, 0.1) is 0 Å². The van der Waals surface area contributed by atoms with Gasteiger partial charge in [-0.3, -0.25) is 0 Å². The topological polar surface area (TPSA) is 32.6 Å². The molecule has 0 N–H and O–H groups in total. The quantitative estimate of drug-likeness (QED) is 0.549. The maximum atomic E-state index is 6.02. The SMILES string of the molecule is CC[N-]CC[C@@H](C[C@H](C)OC(C)C)OC1CC1. The third kappa shape index (κ3) is 7.74. The molecule has 1 rings (SSSR count). The summed E-state index contributed by atoms with van der Waals surface area (Å²) in [5.41, 5.74) is 0. The van der Waals surface area contributed by atoms with Crippen molar-refractivity contribution in [2.45, 2.75) is 77.8 Å². The fourth-order valence-electron chi connectivity index (χ4n) is 2.00. The van der Waals surface area contributed by atoms with E-state index in [0.29, 0.717) is 18.3 Å². The lowest BCUT2D eigenvalue weighted by atomic mass is 10.1. The fourth-order valence-corrected chi connectivity index (χ4v) is 2.00. The van der Waals surface area contributed by atoms with Crippen molar-refractivity contribution in [2.24, 2.45) is 0 Å². The standard InChI is InChI=1S/C14H28NO2/c1-5-15-9-8-14(17-13-6-7-13)10-12(4)16-11(2)3/h11-14H,5-10H2,1-4H3/q-1/t12-,14-/m0/s1. The molecule has 0 aromatic heterocycles. The molecule has 0 saturated heterocycles. The number of rotatable bonds is 10. The van der Waals surface area contributed by atoms with E-state index in [-0.39, 0.29) is 6.10 Å². The Morgan fingerprint density at radius 2 is 1.94 bits per heavy atom. The lowest BCUT2D eigenvalue weighted by Gasteiger charge is -2.26. The maximum Gasteiger partial charge on any atom is 0.0587 e. The molecule has 0 bridgehead atoms. The van der Waals surface area contributed by atoms with Gasteiger partial charge < -0.3 is 14.8 Å². The number of hydrogen-bond donors (Lipinski definition) is 0. The lowest BCUT2D eigenvalue weighted by molar-refractivity contribution is -0.0378. The highest BCUT2D eigenvalue weighted by Crippen LogP contribution is 2.27. The van der Waals surface area contributed by atoms with Crippen molar-refractivity contribution in [3.8, 4) is 0 Å². The summed E-state index contributed by atoms with van der Waals surface area (Å²) in [5.74, 6) is 0. The van der Waals surface area contributed by atoms with Gasteiger partial charge in [0.15, 0.2) is 0 Å². The van der Waals surface area contributed by atoms with Crippen LogP contribution in [0.25, 0.3) is 5.32 Å². The molecular weight excluding hydrogens is 214 g/mol. The summed E-state index contributed by atoms with van der Waals surface area (Å²) in [5, 5.41) is 4.39. The monoisotopic (exact) mass is 242 g/mol. The molecule has 17 heavy (non-hydrogen) atoms. The van der Waals surface area contributed by atoms with Crippen molar-refractivity contribution < 1.29 is 9.47 Å². The highest BCUT2D eigenvalue weighted by molar-refractivity contribution is 4.82. The molecule has 2 atom stereocenters. The van der Waals surface area contributed by atoms with Crippen molar-refractivity contribution in [3.05, 3.63) is 5.32 Å². The number of hydrogen-bond acceptors (Lipinski definition) is 2. The molecule has 3 heteroatoms. The van der Waals surface area contributed by atoms with Gasteiger partial charge in [-0.05, 0) is 46.5 Å². The zero-order valence-electron chi connectivity index (χ0n) is 11.8. The minimum atomic E-state index is 0.278. The average molecular weight is 242 g/mol. The van der Waals surface area contributed by atoms with E-state index in [4.69, 9.17) is 9.47 Å². The first-order chi connectivity index (χ1) is 8.11. The third-order valence-electron chi connectivity index (χ3n) is 2.84. The summed E-state index contributed by atoms with van der Waals surface area (Å²) in [6.45, 7) is 10.2. The predicted octanol–water partition coefficient (Wildman–Crippen LogP) is 3.52. The molecule has 0 aromatic carbocycles. The first-order valence-electron chi connectivity index (χ1n) is 7.06. The largest absolute Gasteiger partial charge is 0.662 e. The van der Waals surface area contributed by atoms with Crippen molar-refractivity contribution in [1.82, 2.24) is 0 Å². The zero-order chi connectivity index (χ0) is 12.7. The summed E-state index contributed by atoms with van der Waals surface area (Å²) >= 11 is 0. The van der Waals surface area contributed by atoms with Crippen molar-refractivity contribution >= 4 is 0 Å². The number of ether oxygens (including phenoxy) is 2. The summed E-state index contributed by atoms with van der Waals surface area (Å²) in [4.78, 5) is 0. The first kappa shape index (κ1) is 14.9. The normalized spacial score (nSPS) is 19.6. The van der Waals surface area contributed by atoms with Gasteiger partial charge in [0.1, 0.15) is 0 Å². The van der Waals surface area contributed by atoms with Gasteiger partial charge in [-0.1, -0.05) is 6.92 Å². The van der Waals surface area contributed by atoms with E-state index in [0.717, 1.165) is 25.9 Å². The Bertz CT molecular complexity index is 193. The number of nitrogens with zero attached hydrogens (tertiary/aromatic N) is 1. The minimum Gasteiger partial charge on any atom is -0.662 e. The van der Waals surface area contributed by atoms with E-state index >= 15 is 0 Å². The Labute approximate surface area is 106 Å². The van der Waals surface area contributed by atoms with Gasteiger partial charge in [0.25, 0.3) is 0 Å². The lowest BCUT2D eigenvalue weighted by Crippen LogP contribution is -2.25. The van der Waals surface area contributed by atoms with Crippen LogP contribution in [-0.2, 0) is 9.47 Å². The van der Waals surface area contributed by atoms with Crippen LogP contribution in [0.15, 0.2) is 0 Å². The highest BCUT2D eigenvalue weighted by Gasteiger charge is 2.26. The second-order valence-electron chi connectivity index (χ2n) is 5.24. The predicted molar refractivity (Wildman–Crippen MR) is 71.6 cm³/mol. The Kier molecular flexibility index (Phi) is 7.09. The smallest absolute Gasteiger partial charge is 0.0587 e. The Morgan fingerprint density at radius 3 is 2.47 bits per heavy atom. The molecule has 0 aromatic rings. The minimum absolute atomic E-state index is 0.278. The molecule has 0 amide bonds. The first-order valence-corrected chi connectivity index (χ1v) is 7.06. The molecule has 0 heterocycles. The van der Waals surface area contributed by atoms with Crippen LogP contribution in [0.3, 0.4) is 0 Å². The summed E-state index contributed by atoms with van der Waals surface area (Å²) in [6.07, 6.45) is 5.93.